The molecule has 96 valence electrons. The van der Waals surface area contributed by atoms with Gasteiger partial charge in [-0.25, -0.2) is 0 Å². The standard InChI is InChI=1S/C16H12Cl2O/c17-14-6-5-10(8-15(14)18)7-13-12-4-2-1-3-11(12)9-16(13)19/h1-6,8,13H,7,9H2. The molecule has 0 fully saturated rings. The predicted octanol–water partition coefficient (Wildman–Crippen LogP) is 4.44. The fraction of sp³-hybridized carbons (Fsp3) is 0.188. The van der Waals surface area contributed by atoms with Crippen LogP contribution in [0.3, 0.4) is 0 Å². The molecule has 0 N–H and O–H groups in total. The molecule has 19 heavy (non-hydrogen) atoms. The highest BCUT2D eigenvalue weighted by molar-refractivity contribution is 6.42. The Kier molecular flexibility index (Phi) is 3.34. The summed E-state index contributed by atoms with van der Waals surface area (Å²) in [5.74, 6) is 0.237. The lowest BCUT2D eigenvalue weighted by Crippen LogP contribution is -2.09. The van der Waals surface area contributed by atoms with Crippen molar-refractivity contribution in [3.63, 3.8) is 0 Å². The van der Waals surface area contributed by atoms with Crippen LogP contribution in [0.4, 0.5) is 0 Å². The number of halogens is 2. The van der Waals surface area contributed by atoms with Crippen molar-refractivity contribution < 1.29 is 4.79 Å². The Labute approximate surface area is 122 Å². The maximum Gasteiger partial charge on any atom is 0.145 e. The Hall–Kier alpha value is -1.31. The number of hydrogen-bond acceptors (Lipinski definition) is 1. The van der Waals surface area contributed by atoms with E-state index in [1.54, 1.807) is 6.07 Å². The largest absolute Gasteiger partial charge is 0.299 e. The first-order valence-electron chi connectivity index (χ1n) is 6.19. The summed E-state index contributed by atoms with van der Waals surface area (Å²) in [4.78, 5) is 12.1. The first-order chi connectivity index (χ1) is 9.15. The molecule has 0 heterocycles. The van der Waals surface area contributed by atoms with Gasteiger partial charge in [-0.05, 0) is 35.2 Å². The van der Waals surface area contributed by atoms with Crippen molar-refractivity contribution in [2.24, 2.45) is 0 Å². The van der Waals surface area contributed by atoms with Gasteiger partial charge in [-0.3, -0.25) is 4.79 Å². The van der Waals surface area contributed by atoms with Crippen LogP contribution in [-0.2, 0) is 17.6 Å². The molecular weight excluding hydrogens is 279 g/mol. The summed E-state index contributed by atoms with van der Waals surface area (Å²) in [5, 5.41) is 1.08. The maximum atomic E-state index is 12.1. The van der Waals surface area contributed by atoms with Crippen molar-refractivity contribution in [1.29, 1.82) is 0 Å². The molecule has 0 saturated heterocycles. The molecule has 1 nitrogen and oxygen atoms in total. The van der Waals surface area contributed by atoms with Gasteiger partial charge in [-0.15, -0.1) is 0 Å². The number of benzene rings is 2. The topological polar surface area (TPSA) is 17.1 Å². The zero-order valence-electron chi connectivity index (χ0n) is 10.2. The van der Waals surface area contributed by atoms with E-state index in [9.17, 15) is 4.79 Å². The Morgan fingerprint density at radius 3 is 2.63 bits per heavy atom. The van der Waals surface area contributed by atoms with Crippen LogP contribution in [0, 0.1) is 0 Å². The average molecular weight is 291 g/mol. The molecule has 1 aliphatic rings. The second-order valence-electron chi connectivity index (χ2n) is 4.85. The van der Waals surface area contributed by atoms with E-state index in [0.29, 0.717) is 22.9 Å². The van der Waals surface area contributed by atoms with Crippen molar-refractivity contribution in [3.8, 4) is 0 Å². The molecule has 1 unspecified atom stereocenters. The van der Waals surface area contributed by atoms with Crippen LogP contribution in [0.5, 0.6) is 0 Å². The minimum absolute atomic E-state index is 0.0477. The molecule has 0 radical (unpaired) electrons. The lowest BCUT2D eigenvalue weighted by atomic mass is 9.93. The molecule has 3 rings (SSSR count). The summed E-state index contributed by atoms with van der Waals surface area (Å²) < 4.78 is 0. The summed E-state index contributed by atoms with van der Waals surface area (Å²) in [6.07, 6.45) is 1.23. The lowest BCUT2D eigenvalue weighted by molar-refractivity contribution is -0.119. The average Bonchev–Trinajstić information content (AvgIpc) is 2.71. The summed E-state index contributed by atoms with van der Waals surface area (Å²) in [7, 11) is 0. The molecule has 0 spiro atoms. The van der Waals surface area contributed by atoms with Gasteiger partial charge in [0.15, 0.2) is 0 Å². The second-order valence-corrected chi connectivity index (χ2v) is 5.66. The van der Waals surface area contributed by atoms with Gasteiger partial charge in [0.25, 0.3) is 0 Å². The summed E-state index contributed by atoms with van der Waals surface area (Å²) in [6, 6.07) is 13.6. The van der Waals surface area contributed by atoms with Crippen LogP contribution in [0.25, 0.3) is 0 Å². The number of carbonyl (C=O) groups is 1. The van der Waals surface area contributed by atoms with Crippen LogP contribution in [0.1, 0.15) is 22.6 Å². The van der Waals surface area contributed by atoms with E-state index in [1.165, 1.54) is 0 Å². The number of fused-ring (bicyclic) bond motifs is 1. The molecule has 0 bridgehead atoms. The van der Waals surface area contributed by atoms with Crippen LogP contribution in [0.15, 0.2) is 42.5 Å². The first kappa shape index (κ1) is 12.7. The van der Waals surface area contributed by atoms with Gasteiger partial charge in [0.1, 0.15) is 5.78 Å². The molecular formula is C16H12Cl2O. The minimum atomic E-state index is -0.0477. The Morgan fingerprint density at radius 2 is 1.84 bits per heavy atom. The highest BCUT2D eigenvalue weighted by Crippen LogP contribution is 2.34. The normalized spacial score (nSPS) is 17.6. The van der Waals surface area contributed by atoms with Gasteiger partial charge < -0.3 is 0 Å². The van der Waals surface area contributed by atoms with E-state index in [-0.39, 0.29) is 11.7 Å². The molecule has 3 heteroatoms. The fourth-order valence-corrected chi connectivity index (χ4v) is 2.97. The van der Waals surface area contributed by atoms with Gasteiger partial charge in [-0.1, -0.05) is 53.5 Å². The number of carbonyl (C=O) groups excluding carboxylic acids is 1. The zero-order valence-corrected chi connectivity index (χ0v) is 11.7. The van der Waals surface area contributed by atoms with Crippen molar-refractivity contribution in [2.75, 3.05) is 0 Å². The maximum absolute atomic E-state index is 12.1. The van der Waals surface area contributed by atoms with Gasteiger partial charge in [-0.2, -0.15) is 0 Å². The smallest absolute Gasteiger partial charge is 0.145 e. The van der Waals surface area contributed by atoms with Crippen LogP contribution in [-0.4, -0.2) is 5.78 Å². The Morgan fingerprint density at radius 1 is 1.05 bits per heavy atom. The van der Waals surface area contributed by atoms with E-state index in [4.69, 9.17) is 23.2 Å². The van der Waals surface area contributed by atoms with Gasteiger partial charge >= 0.3 is 0 Å². The zero-order chi connectivity index (χ0) is 13.4. The van der Waals surface area contributed by atoms with Gasteiger partial charge in [0.05, 0.1) is 10.0 Å². The number of Topliss-reactive ketones (excluding diaryl/α,β-unsaturated/α-hetero) is 1. The molecule has 2 aromatic rings. The van der Waals surface area contributed by atoms with E-state index in [2.05, 4.69) is 0 Å². The molecule has 2 aromatic carbocycles. The highest BCUT2D eigenvalue weighted by atomic mass is 35.5. The summed E-state index contributed by atoms with van der Waals surface area (Å²) in [6.45, 7) is 0. The Balaban J connectivity index is 1.91. The van der Waals surface area contributed by atoms with E-state index >= 15 is 0 Å². The quantitative estimate of drug-likeness (QED) is 0.799. The number of hydrogen-bond donors (Lipinski definition) is 0. The molecule has 0 amide bonds. The van der Waals surface area contributed by atoms with Crippen LogP contribution in [0.2, 0.25) is 10.0 Å². The fourth-order valence-electron chi connectivity index (χ4n) is 2.65. The van der Waals surface area contributed by atoms with Crippen molar-refractivity contribution in [1.82, 2.24) is 0 Å². The third kappa shape index (κ3) is 2.41. The summed E-state index contributed by atoms with van der Waals surface area (Å²) >= 11 is 11.9. The second kappa shape index (κ2) is 4.99. The third-order valence-electron chi connectivity index (χ3n) is 3.61. The van der Waals surface area contributed by atoms with E-state index in [1.807, 2.05) is 36.4 Å². The predicted molar refractivity (Wildman–Crippen MR) is 78.1 cm³/mol. The molecule has 1 atom stereocenters. The SMILES string of the molecule is O=C1Cc2ccccc2C1Cc1ccc(Cl)c(Cl)c1. The molecule has 0 saturated carbocycles. The Bertz CT molecular complexity index is 649. The third-order valence-corrected chi connectivity index (χ3v) is 4.35. The van der Waals surface area contributed by atoms with Gasteiger partial charge in [0, 0.05) is 12.3 Å². The summed E-state index contributed by atoms with van der Waals surface area (Å²) in [5.41, 5.74) is 3.35. The van der Waals surface area contributed by atoms with E-state index < -0.39 is 0 Å². The molecule has 0 aromatic heterocycles. The van der Waals surface area contributed by atoms with Crippen LogP contribution < -0.4 is 0 Å². The van der Waals surface area contributed by atoms with E-state index in [0.717, 1.165) is 16.7 Å². The monoisotopic (exact) mass is 290 g/mol. The lowest BCUT2D eigenvalue weighted by Gasteiger charge is -2.11. The van der Waals surface area contributed by atoms with Crippen molar-refractivity contribution in [2.45, 2.75) is 18.8 Å². The first-order valence-corrected chi connectivity index (χ1v) is 6.95. The van der Waals surface area contributed by atoms with Crippen LogP contribution >= 0.6 is 23.2 Å². The number of ketones is 1. The van der Waals surface area contributed by atoms with Crippen molar-refractivity contribution in [3.05, 3.63) is 69.2 Å². The minimum Gasteiger partial charge on any atom is -0.299 e. The van der Waals surface area contributed by atoms with Gasteiger partial charge in [0.2, 0.25) is 0 Å². The number of rotatable bonds is 2. The highest BCUT2D eigenvalue weighted by Gasteiger charge is 2.30. The molecule has 0 aliphatic heterocycles. The van der Waals surface area contributed by atoms with Crippen molar-refractivity contribution >= 4 is 29.0 Å². The molecule has 1 aliphatic carbocycles.